The van der Waals surface area contributed by atoms with Crippen molar-refractivity contribution in [1.29, 1.82) is 0 Å². The maximum Gasteiger partial charge on any atom is 0.119 e. The van der Waals surface area contributed by atoms with Crippen molar-refractivity contribution in [3.63, 3.8) is 0 Å². The lowest BCUT2D eigenvalue weighted by molar-refractivity contribution is 0.297. The molecule has 1 aromatic carbocycles. The number of nitrogens with two attached hydrogens (primary N) is 1. The molecule has 0 bridgehead atoms. The van der Waals surface area contributed by atoms with Crippen LogP contribution in [0.2, 0.25) is 0 Å². The zero-order chi connectivity index (χ0) is 11.1. The van der Waals surface area contributed by atoms with Crippen LogP contribution in [0.1, 0.15) is 32.3 Å². The first-order valence-corrected chi connectivity index (χ1v) is 5.64. The lowest BCUT2D eigenvalue weighted by atomic mass is 10.1. The van der Waals surface area contributed by atoms with Crippen LogP contribution in [0.15, 0.2) is 24.3 Å². The molecule has 15 heavy (non-hydrogen) atoms. The third-order valence-corrected chi connectivity index (χ3v) is 2.33. The van der Waals surface area contributed by atoms with Gasteiger partial charge in [0.05, 0.1) is 6.61 Å². The molecule has 0 aliphatic carbocycles. The zero-order valence-corrected chi connectivity index (χ0v) is 9.70. The molecule has 2 heteroatoms. The van der Waals surface area contributed by atoms with E-state index in [1.54, 1.807) is 0 Å². The summed E-state index contributed by atoms with van der Waals surface area (Å²) in [4.78, 5) is 0. The van der Waals surface area contributed by atoms with Gasteiger partial charge < -0.3 is 10.5 Å². The Hall–Kier alpha value is -1.02. The molecule has 1 aromatic rings. The largest absolute Gasteiger partial charge is 0.494 e. The summed E-state index contributed by atoms with van der Waals surface area (Å²) in [5.41, 5.74) is 6.68. The maximum atomic E-state index is 5.64. The lowest BCUT2D eigenvalue weighted by Gasteiger charge is -2.08. The van der Waals surface area contributed by atoms with Crippen LogP contribution in [0.3, 0.4) is 0 Å². The van der Waals surface area contributed by atoms with Gasteiger partial charge in [-0.2, -0.15) is 0 Å². The van der Waals surface area contributed by atoms with Crippen LogP contribution < -0.4 is 10.5 Å². The Morgan fingerprint density at radius 1 is 1.33 bits per heavy atom. The lowest BCUT2D eigenvalue weighted by Crippen LogP contribution is -2.01. The van der Waals surface area contributed by atoms with Gasteiger partial charge in [-0.3, -0.25) is 0 Å². The number of hydrogen-bond acceptors (Lipinski definition) is 2. The second-order valence-corrected chi connectivity index (χ2v) is 4.24. The molecule has 0 amide bonds. The highest BCUT2D eigenvalue weighted by Gasteiger charge is 1.97. The standard InChI is InChI=1S/C13H21NO/c1-11(2)5-4-8-15-13-7-3-6-12(9-13)10-14/h3,6-7,9,11H,4-5,8,10,14H2,1-2H3. The highest BCUT2D eigenvalue weighted by Crippen LogP contribution is 2.13. The number of rotatable bonds is 6. The molecule has 0 fully saturated rings. The molecule has 0 saturated heterocycles. The van der Waals surface area contributed by atoms with Gasteiger partial charge >= 0.3 is 0 Å². The van der Waals surface area contributed by atoms with Gasteiger partial charge in [-0.05, 0) is 36.5 Å². The minimum absolute atomic E-state index is 0.573. The molecule has 0 spiro atoms. The molecule has 0 heterocycles. The summed E-state index contributed by atoms with van der Waals surface area (Å²) in [5.74, 6) is 1.69. The Balaban J connectivity index is 2.30. The molecule has 2 nitrogen and oxygen atoms in total. The van der Waals surface area contributed by atoms with Crippen molar-refractivity contribution in [2.24, 2.45) is 11.7 Å². The molecule has 0 saturated carbocycles. The summed E-state index contributed by atoms with van der Waals surface area (Å²) >= 11 is 0. The number of ether oxygens (including phenoxy) is 1. The van der Waals surface area contributed by atoms with Crippen LogP contribution >= 0.6 is 0 Å². The van der Waals surface area contributed by atoms with Crippen molar-refractivity contribution in [2.75, 3.05) is 6.61 Å². The van der Waals surface area contributed by atoms with E-state index in [0.29, 0.717) is 6.54 Å². The summed E-state index contributed by atoms with van der Waals surface area (Å²) in [6.07, 6.45) is 2.33. The van der Waals surface area contributed by atoms with E-state index in [2.05, 4.69) is 13.8 Å². The van der Waals surface area contributed by atoms with E-state index in [4.69, 9.17) is 10.5 Å². The first kappa shape index (κ1) is 12.1. The summed E-state index contributed by atoms with van der Waals surface area (Å²) in [6, 6.07) is 7.99. The Bertz CT molecular complexity index is 284. The van der Waals surface area contributed by atoms with Crippen LogP contribution in [-0.4, -0.2) is 6.61 Å². The van der Waals surface area contributed by atoms with Gasteiger partial charge in [-0.15, -0.1) is 0 Å². The van der Waals surface area contributed by atoms with Crippen molar-refractivity contribution >= 4 is 0 Å². The molecule has 2 N–H and O–H groups in total. The van der Waals surface area contributed by atoms with Crippen LogP contribution in [0, 0.1) is 5.92 Å². The molecule has 0 aromatic heterocycles. The average molecular weight is 207 g/mol. The smallest absolute Gasteiger partial charge is 0.119 e. The molecule has 1 rings (SSSR count). The van der Waals surface area contributed by atoms with Crippen LogP contribution in [-0.2, 0) is 6.54 Å². The molecule has 0 radical (unpaired) electrons. The SMILES string of the molecule is CC(C)CCCOc1cccc(CN)c1. The minimum Gasteiger partial charge on any atom is -0.494 e. The summed E-state index contributed by atoms with van der Waals surface area (Å²) < 4.78 is 5.64. The topological polar surface area (TPSA) is 35.2 Å². The average Bonchev–Trinajstić information content (AvgIpc) is 2.24. The summed E-state index contributed by atoms with van der Waals surface area (Å²) in [6.45, 7) is 5.83. The molecular weight excluding hydrogens is 186 g/mol. The maximum absolute atomic E-state index is 5.64. The Morgan fingerprint density at radius 3 is 2.80 bits per heavy atom. The molecule has 0 atom stereocenters. The fourth-order valence-corrected chi connectivity index (χ4v) is 1.44. The highest BCUT2D eigenvalue weighted by molar-refractivity contribution is 5.28. The van der Waals surface area contributed by atoms with E-state index >= 15 is 0 Å². The fourth-order valence-electron chi connectivity index (χ4n) is 1.44. The molecule has 0 aliphatic heterocycles. The summed E-state index contributed by atoms with van der Waals surface area (Å²) in [7, 11) is 0. The number of hydrogen-bond donors (Lipinski definition) is 1. The van der Waals surface area contributed by atoms with E-state index in [-0.39, 0.29) is 0 Å². The third kappa shape index (κ3) is 4.84. The normalized spacial score (nSPS) is 10.7. The van der Waals surface area contributed by atoms with E-state index in [9.17, 15) is 0 Å². The van der Waals surface area contributed by atoms with Crippen molar-refractivity contribution in [3.8, 4) is 5.75 Å². The third-order valence-electron chi connectivity index (χ3n) is 2.33. The molecular formula is C13H21NO. The van der Waals surface area contributed by atoms with Gasteiger partial charge in [0.2, 0.25) is 0 Å². The molecule has 0 aliphatic rings. The highest BCUT2D eigenvalue weighted by atomic mass is 16.5. The van der Waals surface area contributed by atoms with Crippen LogP contribution in [0.4, 0.5) is 0 Å². The first-order chi connectivity index (χ1) is 7.22. The van der Waals surface area contributed by atoms with Crippen molar-refractivity contribution in [3.05, 3.63) is 29.8 Å². The quantitative estimate of drug-likeness (QED) is 0.728. The fraction of sp³-hybridized carbons (Fsp3) is 0.538. The molecule has 0 unspecified atom stereocenters. The van der Waals surface area contributed by atoms with Crippen molar-refractivity contribution in [1.82, 2.24) is 0 Å². The van der Waals surface area contributed by atoms with Gasteiger partial charge in [0.1, 0.15) is 5.75 Å². The Kier molecular flexibility index (Phi) is 5.19. The van der Waals surface area contributed by atoms with Crippen LogP contribution in [0.25, 0.3) is 0 Å². The predicted octanol–water partition coefficient (Wildman–Crippen LogP) is 2.96. The van der Waals surface area contributed by atoms with Gasteiger partial charge in [-0.25, -0.2) is 0 Å². The minimum atomic E-state index is 0.573. The van der Waals surface area contributed by atoms with E-state index in [1.807, 2.05) is 24.3 Å². The zero-order valence-electron chi connectivity index (χ0n) is 9.70. The first-order valence-electron chi connectivity index (χ1n) is 5.64. The second kappa shape index (κ2) is 6.46. The second-order valence-electron chi connectivity index (χ2n) is 4.24. The van der Waals surface area contributed by atoms with E-state index in [0.717, 1.165) is 30.3 Å². The van der Waals surface area contributed by atoms with Gasteiger partial charge in [0.15, 0.2) is 0 Å². The van der Waals surface area contributed by atoms with Crippen molar-refractivity contribution < 1.29 is 4.74 Å². The van der Waals surface area contributed by atoms with Gasteiger partial charge in [0, 0.05) is 6.54 Å². The van der Waals surface area contributed by atoms with Gasteiger partial charge in [-0.1, -0.05) is 26.0 Å². The predicted molar refractivity (Wildman–Crippen MR) is 63.9 cm³/mol. The van der Waals surface area contributed by atoms with Crippen molar-refractivity contribution in [2.45, 2.75) is 33.2 Å². The van der Waals surface area contributed by atoms with E-state index in [1.165, 1.54) is 6.42 Å². The Labute approximate surface area is 92.4 Å². The Morgan fingerprint density at radius 2 is 2.13 bits per heavy atom. The van der Waals surface area contributed by atoms with Gasteiger partial charge in [0.25, 0.3) is 0 Å². The monoisotopic (exact) mass is 207 g/mol. The number of benzene rings is 1. The summed E-state index contributed by atoms with van der Waals surface area (Å²) in [5, 5.41) is 0. The van der Waals surface area contributed by atoms with Crippen LogP contribution in [0.5, 0.6) is 5.75 Å². The molecule has 84 valence electrons. The van der Waals surface area contributed by atoms with E-state index < -0.39 is 0 Å².